The molecule has 0 aliphatic carbocycles. The molecule has 0 aromatic heterocycles. The molecule has 110 valence electrons. The Bertz CT molecular complexity index is 421. The van der Waals surface area contributed by atoms with Gasteiger partial charge in [-0.05, 0) is 12.5 Å². The van der Waals surface area contributed by atoms with Crippen molar-refractivity contribution in [1.29, 1.82) is 0 Å². The molecule has 0 saturated heterocycles. The van der Waals surface area contributed by atoms with E-state index in [1.807, 2.05) is 30.3 Å². The lowest BCUT2D eigenvalue weighted by Gasteiger charge is -2.16. The van der Waals surface area contributed by atoms with Crippen molar-refractivity contribution in [2.24, 2.45) is 0 Å². The number of aliphatic carboxylic acids is 1. The summed E-state index contributed by atoms with van der Waals surface area (Å²) in [5.74, 6) is -1.00. The van der Waals surface area contributed by atoms with Crippen molar-refractivity contribution in [2.75, 3.05) is 13.2 Å². The van der Waals surface area contributed by atoms with Crippen molar-refractivity contribution in [1.82, 2.24) is 5.32 Å². The highest BCUT2D eigenvalue weighted by atomic mass is 16.5. The van der Waals surface area contributed by atoms with Crippen LogP contribution in [0.2, 0.25) is 0 Å². The zero-order chi connectivity index (χ0) is 14.8. The molecule has 2 N–H and O–H groups in total. The van der Waals surface area contributed by atoms with E-state index in [0.29, 0.717) is 6.61 Å². The zero-order valence-corrected chi connectivity index (χ0v) is 11.4. The number of nitrogens with one attached hydrogen (secondary N) is 1. The smallest absolute Gasteiger partial charge is 0.407 e. The van der Waals surface area contributed by atoms with Crippen LogP contribution in [0.25, 0.3) is 0 Å². The average molecular weight is 281 g/mol. The summed E-state index contributed by atoms with van der Waals surface area (Å²) in [7, 11) is 0. The van der Waals surface area contributed by atoms with Crippen molar-refractivity contribution in [3.05, 3.63) is 35.9 Å². The summed E-state index contributed by atoms with van der Waals surface area (Å²) in [5.41, 5.74) is 0.863. The molecule has 20 heavy (non-hydrogen) atoms. The molecule has 1 unspecified atom stereocenters. The third-order valence-electron chi connectivity index (χ3n) is 2.48. The number of benzene rings is 1. The zero-order valence-electron chi connectivity index (χ0n) is 11.4. The molecule has 1 rings (SSSR count). The van der Waals surface area contributed by atoms with Crippen LogP contribution in [0.5, 0.6) is 0 Å². The van der Waals surface area contributed by atoms with Gasteiger partial charge in [0, 0.05) is 6.61 Å². The number of carboxylic acid groups (broad SMARTS) is 1. The molecule has 1 aromatic rings. The average Bonchev–Trinajstić information content (AvgIpc) is 2.43. The number of carboxylic acids is 1. The van der Waals surface area contributed by atoms with Crippen molar-refractivity contribution in [3.8, 4) is 0 Å². The first-order chi connectivity index (χ1) is 9.61. The number of hydrogen-bond acceptors (Lipinski definition) is 4. The van der Waals surface area contributed by atoms with Gasteiger partial charge in [-0.3, -0.25) is 4.79 Å². The van der Waals surface area contributed by atoms with E-state index in [1.54, 1.807) is 6.92 Å². The fraction of sp³-hybridized carbons (Fsp3) is 0.429. The minimum atomic E-state index is -1.00. The van der Waals surface area contributed by atoms with Crippen molar-refractivity contribution in [3.63, 3.8) is 0 Å². The first-order valence-electron chi connectivity index (χ1n) is 6.38. The molecular formula is C14H19NO5. The summed E-state index contributed by atoms with van der Waals surface area (Å²) < 4.78 is 10.1. The maximum atomic E-state index is 11.6. The van der Waals surface area contributed by atoms with E-state index in [9.17, 15) is 9.59 Å². The number of ether oxygens (including phenoxy) is 2. The van der Waals surface area contributed by atoms with E-state index in [2.05, 4.69) is 5.32 Å². The Morgan fingerprint density at radius 1 is 1.30 bits per heavy atom. The number of carbonyl (C=O) groups is 2. The normalized spacial score (nSPS) is 11.7. The Balaban J connectivity index is 2.38. The van der Waals surface area contributed by atoms with Crippen LogP contribution in [-0.2, 0) is 20.9 Å². The lowest BCUT2D eigenvalue weighted by atomic mass is 10.2. The van der Waals surface area contributed by atoms with Gasteiger partial charge in [-0.2, -0.15) is 0 Å². The number of alkyl carbamates (subject to hydrolysis) is 1. The van der Waals surface area contributed by atoms with Gasteiger partial charge < -0.3 is 19.9 Å². The van der Waals surface area contributed by atoms with Crippen molar-refractivity contribution in [2.45, 2.75) is 26.0 Å². The Kier molecular flexibility index (Phi) is 7.13. The monoisotopic (exact) mass is 281 g/mol. The second kappa shape index (κ2) is 8.92. The molecule has 0 spiro atoms. The van der Waals surface area contributed by atoms with E-state index in [0.717, 1.165) is 5.56 Å². The van der Waals surface area contributed by atoms with Gasteiger partial charge in [0.1, 0.15) is 6.61 Å². The van der Waals surface area contributed by atoms with Crippen LogP contribution in [0.1, 0.15) is 18.9 Å². The van der Waals surface area contributed by atoms with Crippen molar-refractivity contribution >= 4 is 12.1 Å². The lowest BCUT2D eigenvalue weighted by molar-refractivity contribution is -0.137. The molecule has 0 bridgehead atoms. The van der Waals surface area contributed by atoms with Gasteiger partial charge in [-0.15, -0.1) is 0 Å². The highest BCUT2D eigenvalue weighted by molar-refractivity contribution is 5.71. The van der Waals surface area contributed by atoms with E-state index >= 15 is 0 Å². The molecule has 6 heteroatoms. The Morgan fingerprint density at radius 3 is 2.60 bits per heavy atom. The summed E-state index contributed by atoms with van der Waals surface area (Å²) in [6, 6.07) is 8.63. The molecule has 1 amide bonds. The topological polar surface area (TPSA) is 84.9 Å². The van der Waals surface area contributed by atoms with Gasteiger partial charge in [0.25, 0.3) is 0 Å². The fourth-order valence-electron chi connectivity index (χ4n) is 1.55. The van der Waals surface area contributed by atoms with Gasteiger partial charge in [-0.25, -0.2) is 4.79 Å². The molecule has 0 heterocycles. The van der Waals surface area contributed by atoms with E-state index in [1.165, 1.54) is 0 Å². The first-order valence-corrected chi connectivity index (χ1v) is 6.38. The molecule has 0 aliphatic rings. The van der Waals surface area contributed by atoms with E-state index < -0.39 is 18.1 Å². The Hall–Kier alpha value is -2.08. The summed E-state index contributed by atoms with van der Waals surface area (Å²) in [6.07, 6.45) is -0.861. The summed E-state index contributed by atoms with van der Waals surface area (Å²) in [6.45, 7) is 2.53. The maximum absolute atomic E-state index is 11.6. The third kappa shape index (κ3) is 6.75. The molecule has 6 nitrogen and oxygen atoms in total. The van der Waals surface area contributed by atoms with Crippen LogP contribution in [0, 0.1) is 0 Å². The van der Waals surface area contributed by atoms with Crippen LogP contribution in [0.3, 0.4) is 0 Å². The van der Waals surface area contributed by atoms with Crippen LogP contribution >= 0.6 is 0 Å². The number of carbonyl (C=O) groups excluding carboxylic acids is 1. The second-order valence-electron chi connectivity index (χ2n) is 4.16. The minimum Gasteiger partial charge on any atom is -0.481 e. The molecule has 0 fully saturated rings. The van der Waals surface area contributed by atoms with E-state index in [-0.39, 0.29) is 19.6 Å². The number of rotatable bonds is 8. The number of hydrogen-bond donors (Lipinski definition) is 2. The quantitative estimate of drug-likeness (QED) is 0.759. The molecule has 1 aromatic carbocycles. The Morgan fingerprint density at radius 2 is 2.00 bits per heavy atom. The highest BCUT2D eigenvalue weighted by Crippen LogP contribution is 2.01. The van der Waals surface area contributed by atoms with Gasteiger partial charge >= 0.3 is 12.1 Å². The van der Waals surface area contributed by atoms with E-state index in [4.69, 9.17) is 14.6 Å². The van der Waals surface area contributed by atoms with Crippen LogP contribution < -0.4 is 5.32 Å². The molecule has 0 aliphatic heterocycles. The van der Waals surface area contributed by atoms with Crippen LogP contribution in [0.15, 0.2) is 30.3 Å². The van der Waals surface area contributed by atoms with Crippen molar-refractivity contribution < 1.29 is 24.2 Å². The fourth-order valence-corrected chi connectivity index (χ4v) is 1.55. The predicted molar refractivity (Wildman–Crippen MR) is 72.3 cm³/mol. The maximum Gasteiger partial charge on any atom is 0.407 e. The highest BCUT2D eigenvalue weighted by Gasteiger charge is 2.16. The minimum absolute atomic E-state index is 0.140. The first kappa shape index (κ1) is 16.0. The van der Waals surface area contributed by atoms with Gasteiger partial charge in [-0.1, -0.05) is 30.3 Å². The predicted octanol–water partition coefficient (Wildman–Crippen LogP) is 1.79. The van der Waals surface area contributed by atoms with Crippen LogP contribution in [0.4, 0.5) is 4.79 Å². The molecule has 1 atom stereocenters. The van der Waals surface area contributed by atoms with Gasteiger partial charge in [0.15, 0.2) is 0 Å². The number of amides is 1. The van der Waals surface area contributed by atoms with Gasteiger partial charge in [0.2, 0.25) is 0 Å². The largest absolute Gasteiger partial charge is 0.481 e. The van der Waals surface area contributed by atoms with Gasteiger partial charge in [0.05, 0.1) is 19.1 Å². The van der Waals surface area contributed by atoms with Crippen LogP contribution in [-0.4, -0.2) is 36.4 Å². The standard InChI is InChI=1S/C14H19NO5/c1-2-19-10-12(8-13(16)17)15-14(18)20-9-11-6-4-3-5-7-11/h3-7,12H,2,8-10H2,1H3,(H,15,18)(H,16,17). The summed E-state index contributed by atoms with van der Waals surface area (Å²) in [4.78, 5) is 22.3. The summed E-state index contributed by atoms with van der Waals surface area (Å²) >= 11 is 0. The third-order valence-corrected chi connectivity index (χ3v) is 2.48. The molecule has 0 saturated carbocycles. The summed E-state index contributed by atoms with van der Waals surface area (Å²) in [5, 5.41) is 11.2. The molecular weight excluding hydrogens is 262 g/mol. The SMILES string of the molecule is CCOCC(CC(=O)O)NC(=O)OCc1ccccc1. The Labute approximate surface area is 117 Å². The second-order valence-corrected chi connectivity index (χ2v) is 4.16. The lowest BCUT2D eigenvalue weighted by Crippen LogP contribution is -2.40. The molecule has 0 radical (unpaired) electrons.